The van der Waals surface area contributed by atoms with Crippen LogP contribution >= 0.6 is 11.3 Å². The average Bonchev–Trinajstić information content (AvgIpc) is 3.22. The minimum Gasteiger partial charge on any atom is -0.497 e. The fourth-order valence-corrected chi connectivity index (χ4v) is 5.34. The first-order valence-electron chi connectivity index (χ1n) is 10.8. The minimum absolute atomic E-state index is 0.405. The number of rotatable bonds is 6. The van der Waals surface area contributed by atoms with Crippen LogP contribution < -0.4 is 19.0 Å². The van der Waals surface area contributed by atoms with Gasteiger partial charge in [0, 0.05) is 17.0 Å². The number of aromatic nitrogens is 1. The lowest BCUT2D eigenvalue weighted by Gasteiger charge is -2.31. The number of nitrogens with zero attached hydrogens (tertiary/aromatic N) is 2. The van der Waals surface area contributed by atoms with Crippen molar-refractivity contribution in [2.24, 2.45) is 10.9 Å². The molecule has 1 aromatic heterocycles. The highest BCUT2D eigenvalue weighted by molar-refractivity contribution is 7.07. The Hall–Kier alpha value is -2.73. The van der Waals surface area contributed by atoms with Crippen LogP contribution in [0.15, 0.2) is 52.8 Å². The van der Waals surface area contributed by atoms with E-state index in [2.05, 4.69) is 22.9 Å². The van der Waals surface area contributed by atoms with Gasteiger partial charge >= 0.3 is 0 Å². The molecule has 1 aliphatic carbocycles. The molecule has 0 amide bonds. The third-order valence-corrected chi connectivity index (χ3v) is 6.96. The molecule has 2 aromatic carbocycles. The molecule has 4 rings (SSSR count). The summed E-state index contributed by atoms with van der Waals surface area (Å²) in [5.74, 6) is 3.08. The molecule has 2 atom stereocenters. The van der Waals surface area contributed by atoms with Gasteiger partial charge in [0.25, 0.3) is 0 Å². The first-order chi connectivity index (χ1) is 15.1. The van der Waals surface area contributed by atoms with Crippen LogP contribution in [0.1, 0.15) is 38.6 Å². The Balaban J connectivity index is 1.89. The van der Waals surface area contributed by atoms with Gasteiger partial charge in [0.2, 0.25) is 0 Å². The van der Waals surface area contributed by atoms with Gasteiger partial charge in [-0.05, 0) is 61.2 Å². The predicted octanol–water partition coefficient (Wildman–Crippen LogP) is 6.23. The molecule has 164 valence electrons. The van der Waals surface area contributed by atoms with Crippen molar-refractivity contribution >= 4 is 17.0 Å². The van der Waals surface area contributed by atoms with Gasteiger partial charge in [-0.25, -0.2) is 4.99 Å². The zero-order valence-electron chi connectivity index (χ0n) is 18.6. The average molecular weight is 439 g/mol. The van der Waals surface area contributed by atoms with Crippen molar-refractivity contribution in [2.75, 3.05) is 21.3 Å². The molecule has 6 heteroatoms. The fraction of sp³-hybridized carbons (Fsp3) is 0.400. The first-order valence-corrected chi connectivity index (χ1v) is 11.6. The molecule has 2 unspecified atom stereocenters. The maximum absolute atomic E-state index is 5.71. The van der Waals surface area contributed by atoms with Gasteiger partial charge in [0.1, 0.15) is 17.2 Å². The van der Waals surface area contributed by atoms with Gasteiger partial charge in [0.05, 0.1) is 32.7 Å². The normalized spacial score (nSPS) is 19.3. The lowest BCUT2D eigenvalue weighted by molar-refractivity contribution is 0.255. The Morgan fingerprint density at radius 1 is 0.903 bits per heavy atom. The summed E-state index contributed by atoms with van der Waals surface area (Å²) in [6.45, 7) is 2.36. The molecule has 1 aliphatic rings. The largest absolute Gasteiger partial charge is 0.497 e. The van der Waals surface area contributed by atoms with E-state index in [1.165, 1.54) is 19.3 Å². The molecule has 0 saturated heterocycles. The molecule has 31 heavy (non-hydrogen) atoms. The summed E-state index contributed by atoms with van der Waals surface area (Å²) in [6.07, 6.45) is 4.94. The topological polar surface area (TPSA) is 45.0 Å². The van der Waals surface area contributed by atoms with Gasteiger partial charge < -0.3 is 18.8 Å². The van der Waals surface area contributed by atoms with E-state index in [4.69, 9.17) is 19.2 Å². The molecule has 5 nitrogen and oxygen atoms in total. The Bertz CT molecular complexity index is 1080. The molecule has 0 radical (unpaired) electrons. The zero-order chi connectivity index (χ0) is 21.8. The summed E-state index contributed by atoms with van der Waals surface area (Å²) in [5.41, 5.74) is 3.09. The number of hydrogen-bond acceptors (Lipinski definition) is 5. The van der Waals surface area contributed by atoms with Gasteiger partial charge in [-0.3, -0.25) is 0 Å². The molecular weight excluding hydrogens is 408 g/mol. The maximum Gasteiger partial charge on any atom is 0.190 e. The van der Waals surface area contributed by atoms with Crippen molar-refractivity contribution < 1.29 is 14.2 Å². The molecule has 1 fully saturated rings. The maximum atomic E-state index is 5.71. The number of methoxy groups -OCH3 is 3. The van der Waals surface area contributed by atoms with Crippen molar-refractivity contribution in [1.82, 2.24) is 4.57 Å². The van der Waals surface area contributed by atoms with E-state index in [0.29, 0.717) is 12.0 Å². The molecule has 1 heterocycles. The second-order valence-corrected chi connectivity index (χ2v) is 8.82. The van der Waals surface area contributed by atoms with Crippen molar-refractivity contribution in [3.63, 3.8) is 0 Å². The first kappa shape index (κ1) is 21.5. The van der Waals surface area contributed by atoms with E-state index >= 15 is 0 Å². The quantitative estimate of drug-likeness (QED) is 0.458. The molecule has 0 aliphatic heterocycles. The molecule has 0 bridgehead atoms. The Morgan fingerprint density at radius 3 is 2.29 bits per heavy atom. The van der Waals surface area contributed by atoms with Crippen LogP contribution in [-0.2, 0) is 0 Å². The highest BCUT2D eigenvalue weighted by atomic mass is 32.1. The van der Waals surface area contributed by atoms with Gasteiger partial charge in [0.15, 0.2) is 4.80 Å². The van der Waals surface area contributed by atoms with E-state index in [-0.39, 0.29) is 0 Å². The van der Waals surface area contributed by atoms with E-state index in [1.54, 1.807) is 32.7 Å². The van der Waals surface area contributed by atoms with Gasteiger partial charge in [-0.1, -0.05) is 19.8 Å². The summed E-state index contributed by atoms with van der Waals surface area (Å²) in [6, 6.07) is 14.3. The molecule has 0 N–H and O–H groups in total. The van der Waals surface area contributed by atoms with Crippen molar-refractivity contribution in [2.45, 2.75) is 38.6 Å². The van der Waals surface area contributed by atoms with E-state index in [1.807, 2.05) is 36.4 Å². The van der Waals surface area contributed by atoms with Crippen LogP contribution in [0.25, 0.3) is 11.3 Å². The predicted molar refractivity (Wildman–Crippen MR) is 126 cm³/mol. The molecule has 3 aromatic rings. The summed E-state index contributed by atoms with van der Waals surface area (Å²) in [7, 11) is 5.09. The standard InChI is InChI=1S/C25H30N2O3S/c1-17-7-5-6-8-22(17)27-23(21-15-20(29-3)13-14-24(21)30-4)16-31-25(27)26-18-9-11-19(28-2)12-10-18/h9-17,22H,5-8H2,1-4H3. The summed E-state index contributed by atoms with van der Waals surface area (Å²) >= 11 is 1.67. The zero-order valence-corrected chi connectivity index (χ0v) is 19.4. The van der Waals surface area contributed by atoms with Crippen LogP contribution in [0.4, 0.5) is 5.69 Å². The van der Waals surface area contributed by atoms with Gasteiger partial charge in [-0.15, -0.1) is 11.3 Å². The third-order valence-electron chi connectivity index (χ3n) is 6.12. The van der Waals surface area contributed by atoms with Gasteiger partial charge in [-0.2, -0.15) is 0 Å². The van der Waals surface area contributed by atoms with Crippen LogP contribution in [0.3, 0.4) is 0 Å². The second kappa shape index (κ2) is 9.60. The Kier molecular flexibility index (Phi) is 6.66. The lowest BCUT2D eigenvalue weighted by Crippen LogP contribution is -2.28. The van der Waals surface area contributed by atoms with E-state index in [9.17, 15) is 0 Å². The summed E-state index contributed by atoms with van der Waals surface area (Å²) in [5, 5.41) is 2.20. The smallest absolute Gasteiger partial charge is 0.190 e. The summed E-state index contributed by atoms with van der Waals surface area (Å²) < 4.78 is 18.9. The highest BCUT2D eigenvalue weighted by Gasteiger charge is 2.27. The SMILES string of the molecule is COc1ccc(N=c2scc(-c3cc(OC)ccc3OC)n2C2CCCCC2C)cc1. The number of benzene rings is 2. The summed E-state index contributed by atoms with van der Waals surface area (Å²) in [4.78, 5) is 6.03. The molecular formula is C25H30N2O3S. The van der Waals surface area contributed by atoms with Crippen LogP contribution in [0, 0.1) is 5.92 Å². The van der Waals surface area contributed by atoms with Crippen molar-refractivity contribution in [3.8, 4) is 28.5 Å². The van der Waals surface area contributed by atoms with Crippen LogP contribution in [0.2, 0.25) is 0 Å². The van der Waals surface area contributed by atoms with Crippen LogP contribution in [0.5, 0.6) is 17.2 Å². The fourth-order valence-electron chi connectivity index (χ4n) is 4.38. The van der Waals surface area contributed by atoms with Crippen LogP contribution in [-0.4, -0.2) is 25.9 Å². The number of ether oxygens (including phenoxy) is 3. The van der Waals surface area contributed by atoms with E-state index < -0.39 is 0 Å². The second-order valence-electron chi connectivity index (χ2n) is 7.98. The minimum atomic E-state index is 0.405. The number of hydrogen-bond donors (Lipinski definition) is 0. The molecule has 1 saturated carbocycles. The third kappa shape index (κ3) is 4.49. The Morgan fingerprint density at radius 2 is 1.61 bits per heavy atom. The Labute approximate surface area is 187 Å². The van der Waals surface area contributed by atoms with Crippen molar-refractivity contribution in [1.29, 1.82) is 0 Å². The van der Waals surface area contributed by atoms with Crippen molar-refractivity contribution in [3.05, 3.63) is 52.6 Å². The number of thiazole rings is 1. The monoisotopic (exact) mass is 438 g/mol. The van der Waals surface area contributed by atoms with E-state index in [0.717, 1.165) is 45.4 Å². The molecule has 0 spiro atoms. The highest BCUT2D eigenvalue weighted by Crippen LogP contribution is 2.40. The lowest BCUT2D eigenvalue weighted by atomic mass is 9.85.